The van der Waals surface area contributed by atoms with E-state index in [1.807, 2.05) is 85.8 Å². The van der Waals surface area contributed by atoms with E-state index in [-0.39, 0.29) is 5.91 Å². The first kappa shape index (κ1) is 22.4. The summed E-state index contributed by atoms with van der Waals surface area (Å²) >= 11 is 12.9. The van der Waals surface area contributed by atoms with Gasteiger partial charge in [0.15, 0.2) is 4.32 Å². The Balaban J connectivity index is 1.44. The number of benzene rings is 3. The van der Waals surface area contributed by atoms with E-state index in [0.717, 1.165) is 28.3 Å². The molecule has 0 aliphatic carbocycles. The van der Waals surface area contributed by atoms with E-state index in [0.29, 0.717) is 27.5 Å². The Kier molecular flexibility index (Phi) is 7.15. The number of hydrogen-bond acceptors (Lipinski definition) is 5. The topological polar surface area (TPSA) is 38.8 Å². The molecule has 3 aromatic rings. The molecular formula is C25H20ClNO3S2. The highest BCUT2D eigenvalue weighted by atomic mass is 35.5. The standard InChI is InChI=1S/C25H20ClNO3S2/c1-2-29-20-13-9-19(10-14-20)27-24(28)23(32-25(27)31)15-17-7-11-21(12-8-17)30-16-18-5-3-4-6-22(18)26/h3-15H,2,16H2,1H3/b23-15+. The average Bonchev–Trinajstić information content (AvgIpc) is 3.08. The van der Waals surface area contributed by atoms with Crippen molar-refractivity contribution in [2.45, 2.75) is 13.5 Å². The van der Waals surface area contributed by atoms with Gasteiger partial charge in [0, 0.05) is 10.6 Å². The Morgan fingerprint density at radius 1 is 0.969 bits per heavy atom. The van der Waals surface area contributed by atoms with E-state index < -0.39 is 0 Å². The van der Waals surface area contributed by atoms with Crippen molar-refractivity contribution < 1.29 is 14.3 Å². The number of halogens is 1. The van der Waals surface area contributed by atoms with Gasteiger partial charge in [0.2, 0.25) is 0 Å². The molecule has 162 valence electrons. The van der Waals surface area contributed by atoms with Gasteiger partial charge in [-0.15, -0.1) is 0 Å². The van der Waals surface area contributed by atoms with E-state index in [1.54, 1.807) is 4.90 Å². The maximum atomic E-state index is 13.0. The monoisotopic (exact) mass is 481 g/mol. The van der Waals surface area contributed by atoms with Crippen LogP contribution in [0.5, 0.6) is 11.5 Å². The second kappa shape index (κ2) is 10.2. The predicted molar refractivity (Wildman–Crippen MR) is 135 cm³/mol. The van der Waals surface area contributed by atoms with Crippen molar-refractivity contribution in [3.63, 3.8) is 0 Å². The number of thiocarbonyl (C=S) groups is 1. The summed E-state index contributed by atoms with van der Waals surface area (Å²) in [7, 11) is 0. The molecule has 0 atom stereocenters. The largest absolute Gasteiger partial charge is 0.494 e. The quantitative estimate of drug-likeness (QED) is 0.276. The predicted octanol–water partition coefficient (Wildman–Crippen LogP) is 6.72. The fraction of sp³-hybridized carbons (Fsp3) is 0.120. The number of carbonyl (C=O) groups is 1. The van der Waals surface area contributed by atoms with Gasteiger partial charge < -0.3 is 9.47 Å². The van der Waals surface area contributed by atoms with Gasteiger partial charge in [-0.1, -0.05) is 65.9 Å². The summed E-state index contributed by atoms with van der Waals surface area (Å²) in [6, 6.07) is 22.5. The normalized spacial score (nSPS) is 14.8. The SMILES string of the molecule is CCOc1ccc(N2C(=O)/C(=C\c3ccc(OCc4ccccc4Cl)cc3)SC2=S)cc1. The minimum atomic E-state index is -0.136. The van der Waals surface area contributed by atoms with Gasteiger partial charge in [0.25, 0.3) is 5.91 Å². The maximum Gasteiger partial charge on any atom is 0.270 e. The lowest BCUT2D eigenvalue weighted by atomic mass is 10.2. The molecule has 0 unspecified atom stereocenters. The van der Waals surface area contributed by atoms with Gasteiger partial charge in [-0.3, -0.25) is 9.69 Å². The van der Waals surface area contributed by atoms with Crippen LogP contribution in [0.1, 0.15) is 18.1 Å². The average molecular weight is 482 g/mol. The highest BCUT2D eigenvalue weighted by molar-refractivity contribution is 8.27. The smallest absolute Gasteiger partial charge is 0.270 e. The lowest BCUT2D eigenvalue weighted by molar-refractivity contribution is -0.113. The van der Waals surface area contributed by atoms with Crippen LogP contribution in [-0.2, 0) is 11.4 Å². The molecule has 0 bridgehead atoms. The first-order valence-corrected chi connectivity index (χ1v) is 11.6. The molecule has 1 aliphatic rings. The highest BCUT2D eigenvalue weighted by Crippen LogP contribution is 2.36. The minimum absolute atomic E-state index is 0.136. The number of rotatable bonds is 7. The molecule has 4 nitrogen and oxygen atoms in total. The van der Waals surface area contributed by atoms with Gasteiger partial charge in [-0.25, -0.2) is 0 Å². The number of thioether (sulfide) groups is 1. The highest BCUT2D eigenvalue weighted by Gasteiger charge is 2.33. The summed E-state index contributed by atoms with van der Waals surface area (Å²) in [6.45, 7) is 2.91. The molecule has 1 fully saturated rings. The van der Waals surface area contributed by atoms with Crippen LogP contribution in [0, 0.1) is 0 Å². The Morgan fingerprint density at radius 3 is 2.31 bits per heavy atom. The third kappa shape index (κ3) is 5.15. The van der Waals surface area contributed by atoms with Gasteiger partial charge in [0.05, 0.1) is 17.2 Å². The number of ether oxygens (including phenoxy) is 2. The van der Waals surface area contributed by atoms with Crippen LogP contribution in [0.3, 0.4) is 0 Å². The molecule has 32 heavy (non-hydrogen) atoms. The van der Waals surface area contributed by atoms with E-state index in [1.165, 1.54) is 11.8 Å². The van der Waals surface area contributed by atoms with Gasteiger partial charge in [-0.05, 0) is 61.0 Å². The van der Waals surface area contributed by atoms with Crippen LogP contribution in [0.25, 0.3) is 6.08 Å². The zero-order valence-corrected chi connectivity index (χ0v) is 19.7. The van der Waals surface area contributed by atoms with Crippen LogP contribution < -0.4 is 14.4 Å². The van der Waals surface area contributed by atoms with Crippen LogP contribution >= 0.6 is 35.6 Å². The Labute approximate surface area is 201 Å². The van der Waals surface area contributed by atoms with Crippen LogP contribution in [0.4, 0.5) is 5.69 Å². The summed E-state index contributed by atoms with van der Waals surface area (Å²) < 4.78 is 11.8. The third-order valence-corrected chi connectivity index (χ3v) is 6.40. The number of anilines is 1. The molecule has 4 rings (SSSR count). The molecule has 0 saturated carbocycles. The maximum absolute atomic E-state index is 13.0. The van der Waals surface area contributed by atoms with Crippen molar-refractivity contribution in [1.29, 1.82) is 0 Å². The molecule has 0 radical (unpaired) electrons. The lowest BCUT2D eigenvalue weighted by Gasteiger charge is -2.15. The third-order valence-electron chi connectivity index (χ3n) is 4.73. The zero-order chi connectivity index (χ0) is 22.5. The molecule has 1 heterocycles. The first-order chi connectivity index (χ1) is 15.5. The number of carbonyl (C=O) groups excluding carboxylic acids is 1. The van der Waals surface area contributed by atoms with Crippen molar-refractivity contribution in [1.82, 2.24) is 0 Å². The molecule has 3 aromatic carbocycles. The first-order valence-electron chi connectivity index (χ1n) is 10.0. The summed E-state index contributed by atoms with van der Waals surface area (Å²) in [5.41, 5.74) is 2.54. The van der Waals surface area contributed by atoms with E-state index >= 15 is 0 Å². The molecule has 1 amide bonds. The Hall–Kier alpha value is -2.80. The van der Waals surface area contributed by atoms with Crippen LogP contribution in [0.2, 0.25) is 5.02 Å². The lowest BCUT2D eigenvalue weighted by Crippen LogP contribution is -2.27. The second-order valence-electron chi connectivity index (χ2n) is 6.89. The summed E-state index contributed by atoms with van der Waals surface area (Å²) in [4.78, 5) is 15.1. The molecule has 7 heteroatoms. The second-order valence-corrected chi connectivity index (χ2v) is 8.98. The van der Waals surface area contributed by atoms with E-state index in [4.69, 9.17) is 33.3 Å². The summed E-state index contributed by atoms with van der Waals surface area (Å²) in [5.74, 6) is 1.35. The number of amides is 1. The molecule has 0 spiro atoms. The molecular weight excluding hydrogens is 462 g/mol. The summed E-state index contributed by atoms with van der Waals surface area (Å²) in [5, 5.41) is 0.679. The van der Waals surface area contributed by atoms with Crippen molar-refractivity contribution in [3.8, 4) is 11.5 Å². The van der Waals surface area contributed by atoms with Crippen molar-refractivity contribution in [2.75, 3.05) is 11.5 Å². The molecule has 0 N–H and O–H groups in total. The van der Waals surface area contributed by atoms with Gasteiger partial charge in [0.1, 0.15) is 18.1 Å². The molecule has 1 aliphatic heterocycles. The Bertz CT molecular complexity index is 1160. The van der Waals surface area contributed by atoms with Crippen LogP contribution in [-0.4, -0.2) is 16.8 Å². The van der Waals surface area contributed by atoms with Crippen molar-refractivity contribution >= 4 is 57.6 Å². The van der Waals surface area contributed by atoms with Gasteiger partial charge in [-0.2, -0.15) is 0 Å². The van der Waals surface area contributed by atoms with E-state index in [2.05, 4.69) is 0 Å². The zero-order valence-electron chi connectivity index (χ0n) is 17.3. The fourth-order valence-electron chi connectivity index (χ4n) is 3.14. The van der Waals surface area contributed by atoms with Crippen LogP contribution in [0.15, 0.2) is 77.7 Å². The number of nitrogens with zero attached hydrogens (tertiary/aromatic N) is 1. The summed E-state index contributed by atoms with van der Waals surface area (Å²) in [6.07, 6.45) is 1.84. The van der Waals surface area contributed by atoms with Crippen molar-refractivity contribution in [2.24, 2.45) is 0 Å². The fourth-order valence-corrected chi connectivity index (χ4v) is 4.63. The van der Waals surface area contributed by atoms with Gasteiger partial charge >= 0.3 is 0 Å². The number of hydrogen-bond donors (Lipinski definition) is 0. The van der Waals surface area contributed by atoms with E-state index in [9.17, 15) is 4.79 Å². The molecule has 0 aromatic heterocycles. The molecule has 1 saturated heterocycles. The van der Waals surface area contributed by atoms with Crippen molar-refractivity contribution in [3.05, 3.63) is 93.9 Å². The Morgan fingerprint density at radius 2 is 1.62 bits per heavy atom. The minimum Gasteiger partial charge on any atom is -0.494 e.